The van der Waals surface area contributed by atoms with Gasteiger partial charge in [0, 0.05) is 21.8 Å². The van der Waals surface area contributed by atoms with Gasteiger partial charge in [-0.15, -0.1) is 11.8 Å². The summed E-state index contributed by atoms with van der Waals surface area (Å²) < 4.78 is 11.0. The van der Waals surface area contributed by atoms with Gasteiger partial charge >= 0.3 is 0 Å². The van der Waals surface area contributed by atoms with Crippen LogP contribution in [0.2, 0.25) is 0 Å². The van der Waals surface area contributed by atoms with E-state index in [1.54, 1.807) is 79.9 Å². The lowest BCUT2D eigenvalue weighted by atomic mass is 10.1. The van der Waals surface area contributed by atoms with Crippen molar-refractivity contribution < 1.29 is 23.9 Å². The first kappa shape index (κ1) is 32.6. The average Bonchev–Trinajstić information content (AvgIpc) is 3.11. The lowest BCUT2D eigenvalue weighted by Gasteiger charge is -2.12. The smallest absolute Gasteiger partial charge is 0.272 e. The third-order valence-electron chi connectivity index (χ3n) is 6.80. The maximum atomic E-state index is 13.5. The molecule has 0 aliphatic heterocycles. The highest BCUT2D eigenvalue weighted by molar-refractivity contribution is 8.00. The van der Waals surface area contributed by atoms with Crippen molar-refractivity contribution >= 4 is 46.9 Å². The van der Waals surface area contributed by atoms with Gasteiger partial charge in [0.25, 0.3) is 11.8 Å². The molecule has 0 radical (unpaired) electrons. The minimum atomic E-state index is -0.502. The first-order valence-corrected chi connectivity index (χ1v) is 15.8. The number of anilines is 2. The summed E-state index contributed by atoms with van der Waals surface area (Å²) in [5.74, 6) is 0.473. The molecule has 0 atom stereocenters. The van der Waals surface area contributed by atoms with Gasteiger partial charge in [0.1, 0.15) is 23.8 Å². The van der Waals surface area contributed by atoms with Gasteiger partial charge in [0.2, 0.25) is 5.91 Å². The summed E-state index contributed by atoms with van der Waals surface area (Å²) in [6.45, 7) is 0.432. The highest BCUT2D eigenvalue weighted by Gasteiger charge is 2.16. The van der Waals surface area contributed by atoms with Crippen molar-refractivity contribution in [3.8, 4) is 11.5 Å². The van der Waals surface area contributed by atoms with E-state index < -0.39 is 11.8 Å². The number of benzene rings is 5. The molecule has 5 aromatic carbocycles. The standard InChI is InChI=1S/C38H33N3O5S/c1-45-32-21-17-30(18-22-32)39-36(42)26-47-34-14-8-13-31(24-34)40-38(44)35(41-37(43)29-11-6-3-7-12-29)23-27-15-19-33(20-16-27)46-25-28-9-4-2-5-10-28/h2-24H,25-26H2,1H3,(H,39,42)(H,40,44)(H,41,43)/b35-23-. The van der Waals surface area contributed by atoms with Gasteiger partial charge in [-0.3, -0.25) is 14.4 Å². The normalized spacial score (nSPS) is 10.9. The van der Waals surface area contributed by atoms with Gasteiger partial charge in [-0.1, -0.05) is 66.7 Å². The van der Waals surface area contributed by atoms with Crippen LogP contribution in [0.1, 0.15) is 21.5 Å². The first-order valence-electron chi connectivity index (χ1n) is 14.8. The molecule has 0 fully saturated rings. The maximum Gasteiger partial charge on any atom is 0.272 e. The molecule has 0 heterocycles. The van der Waals surface area contributed by atoms with Crippen molar-refractivity contribution in [2.75, 3.05) is 23.5 Å². The number of carbonyl (C=O) groups excluding carboxylic acids is 3. The van der Waals surface area contributed by atoms with Crippen molar-refractivity contribution in [1.82, 2.24) is 5.32 Å². The van der Waals surface area contributed by atoms with Crippen molar-refractivity contribution in [1.29, 1.82) is 0 Å². The van der Waals surface area contributed by atoms with E-state index in [1.807, 2.05) is 66.7 Å². The van der Waals surface area contributed by atoms with Crippen LogP contribution < -0.4 is 25.4 Å². The van der Waals surface area contributed by atoms with Crippen LogP contribution in [0, 0.1) is 0 Å². The fourth-order valence-corrected chi connectivity index (χ4v) is 5.15. The van der Waals surface area contributed by atoms with E-state index in [0.717, 1.165) is 10.5 Å². The van der Waals surface area contributed by atoms with Gasteiger partial charge in [-0.25, -0.2) is 0 Å². The molecule has 0 spiro atoms. The quantitative estimate of drug-likeness (QED) is 0.0912. The highest BCUT2D eigenvalue weighted by atomic mass is 32.2. The Morgan fingerprint density at radius 2 is 1.38 bits per heavy atom. The second-order valence-corrected chi connectivity index (χ2v) is 11.3. The molecule has 0 aliphatic rings. The number of thioether (sulfide) groups is 1. The molecule has 0 saturated heterocycles. The van der Waals surface area contributed by atoms with Crippen LogP contribution in [-0.4, -0.2) is 30.6 Å². The molecule has 0 aromatic heterocycles. The molecule has 8 nitrogen and oxygen atoms in total. The molecule has 0 aliphatic carbocycles. The van der Waals surface area contributed by atoms with Gasteiger partial charge < -0.3 is 25.4 Å². The number of rotatable bonds is 13. The summed E-state index contributed by atoms with van der Waals surface area (Å²) in [6, 6.07) is 40.1. The number of ether oxygens (including phenoxy) is 2. The molecule has 3 N–H and O–H groups in total. The molecule has 0 bridgehead atoms. The second kappa shape index (κ2) is 16.5. The Kier molecular flexibility index (Phi) is 11.4. The zero-order valence-corrected chi connectivity index (χ0v) is 26.5. The third kappa shape index (κ3) is 10.1. The van der Waals surface area contributed by atoms with Crippen LogP contribution in [-0.2, 0) is 16.2 Å². The predicted molar refractivity (Wildman–Crippen MR) is 187 cm³/mol. The van der Waals surface area contributed by atoms with Crippen LogP contribution in [0.25, 0.3) is 6.08 Å². The van der Waals surface area contributed by atoms with Gasteiger partial charge in [0.15, 0.2) is 0 Å². The van der Waals surface area contributed by atoms with E-state index >= 15 is 0 Å². The van der Waals surface area contributed by atoms with E-state index in [4.69, 9.17) is 9.47 Å². The Morgan fingerprint density at radius 1 is 0.702 bits per heavy atom. The van der Waals surface area contributed by atoms with Crippen LogP contribution in [0.15, 0.2) is 144 Å². The molecule has 47 heavy (non-hydrogen) atoms. The Morgan fingerprint density at radius 3 is 2.09 bits per heavy atom. The first-order chi connectivity index (χ1) is 22.9. The lowest BCUT2D eigenvalue weighted by molar-refractivity contribution is -0.114. The SMILES string of the molecule is COc1ccc(NC(=O)CSc2cccc(NC(=O)/C(=C/c3ccc(OCc4ccccc4)cc3)NC(=O)c3ccccc3)c2)cc1. The van der Waals surface area contributed by atoms with E-state index in [0.29, 0.717) is 40.6 Å². The van der Waals surface area contributed by atoms with E-state index in [-0.39, 0.29) is 17.4 Å². The largest absolute Gasteiger partial charge is 0.497 e. The topological polar surface area (TPSA) is 106 Å². The van der Waals surface area contributed by atoms with E-state index in [9.17, 15) is 14.4 Å². The van der Waals surface area contributed by atoms with Crippen LogP contribution in [0.4, 0.5) is 11.4 Å². The minimum absolute atomic E-state index is 0.0636. The van der Waals surface area contributed by atoms with Crippen molar-refractivity contribution in [2.24, 2.45) is 0 Å². The summed E-state index contributed by atoms with van der Waals surface area (Å²) in [4.78, 5) is 39.9. The number of nitrogens with one attached hydrogen (secondary N) is 3. The summed E-state index contributed by atoms with van der Waals surface area (Å²) in [6.07, 6.45) is 1.61. The zero-order chi connectivity index (χ0) is 32.8. The summed E-state index contributed by atoms with van der Waals surface area (Å²) in [7, 11) is 1.58. The maximum absolute atomic E-state index is 13.5. The lowest BCUT2D eigenvalue weighted by Crippen LogP contribution is -2.30. The minimum Gasteiger partial charge on any atom is -0.497 e. The van der Waals surface area contributed by atoms with E-state index in [1.165, 1.54) is 11.8 Å². The van der Waals surface area contributed by atoms with Crippen LogP contribution in [0.5, 0.6) is 11.5 Å². The number of carbonyl (C=O) groups is 3. The molecule has 9 heteroatoms. The zero-order valence-electron chi connectivity index (χ0n) is 25.6. The van der Waals surface area contributed by atoms with Crippen molar-refractivity contribution in [2.45, 2.75) is 11.5 Å². The number of hydrogen-bond acceptors (Lipinski definition) is 6. The fraction of sp³-hybridized carbons (Fsp3) is 0.0789. The van der Waals surface area contributed by atoms with Gasteiger partial charge in [-0.05, 0) is 83.9 Å². The molecular formula is C38H33N3O5S. The summed E-state index contributed by atoms with van der Waals surface area (Å²) in [5.41, 5.74) is 3.42. The number of amides is 3. The van der Waals surface area contributed by atoms with E-state index in [2.05, 4.69) is 16.0 Å². The average molecular weight is 644 g/mol. The predicted octanol–water partition coefficient (Wildman–Crippen LogP) is 7.41. The molecule has 3 amide bonds. The van der Waals surface area contributed by atoms with Crippen molar-refractivity contribution in [3.05, 3.63) is 156 Å². The second-order valence-electron chi connectivity index (χ2n) is 10.3. The number of hydrogen-bond donors (Lipinski definition) is 3. The fourth-order valence-electron chi connectivity index (χ4n) is 4.39. The monoisotopic (exact) mass is 643 g/mol. The molecule has 0 unspecified atom stereocenters. The third-order valence-corrected chi connectivity index (χ3v) is 7.80. The van der Waals surface area contributed by atoms with Gasteiger partial charge in [0.05, 0.1) is 12.9 Å². The Labute approximate surface area is 277 Å². The highest BCUT2D eigenvalue weighted by Crippen LogP contribution is 2.23. The summed E-state index contributed by atoms with van der Waals surface area (Å²) in [5, 5.41) is 8.49. The Hall–Kier alpha value is -5.80. The molecule has 5 rings (SSSR count). The number of methoxy groups -OCH3 is 1. The Bertz CT molecular complexity index is 1830. The molecule has 0 saturated carbocycles. The summed E-state index contributed by atoms with van der Waals surface area (Å²) >= 11 is 1.34. The van der Waals surface area contributed by atoms with Gasteiger partial charge in [-0.2, -0.15) is 0 Å². The Balaban J connectivity index is 1.25. The molecule has 5 aromatic rings. The van der Waals surface area contributed by atoms with Crippen LogP contribution >= 0.6 is 11.8 Å². The molecular weight excluding hydrogens is 611 g/mol. The molecule has 236 valence electrons. The van der Waals surface area contributed by atoms with Crippen molar-refractivity contribution in [3.63, 3.8) is 0 Å². The van der Waals surface area contributed by atoms with Crippen LogP contribution in [0.3, 0.4) is 0 Å².